The largest absolute Gasteiger partial charge is 0.438 e. The molecule has 0 spiro atoms. The molecule has 0 amide bonds. The highest BCUT2D eigenvalue weighted by molar-refractivity contribution is 7.25. The van der Waals surface area contributed by atoms with Gasteiger partial charge in [-0.05, 0) is 148 Å². The number of hydrogen-bond acceptors (Lipinski definition) is 5. The zero-order valence-electron chi connectivity index (χ0n) is 35.1. The van der Waals surface area contributed by atoms with Gasteiger partial charge in [-0.2, -0.15) is 0 Å². The van der Waals surface area contributed by atoms with E-state index >= 15 is 0 Å². The molecule has 0 aliphatic heterocycles. The maximum Gasteiger partial charge on any atom is 0.227 e. The maximum atomic E-state index is 5.68. The van der Waals surface area contributed by atoms with Crippen LogP contribution < -0.4 is 0 Å². The van der Waals surface area contributed by atoms with Gasteiger partial charge in [-0.3, -0.25) is 4.98 Å². The molecule has 0 saturated heterocycles. The van der Waals surface area contributed by atoms with Crippen LogP contribution in [0.5, 0.6) is 0 Å². The van der Waals surface area contributed by atoms with Crippen molar-refractivity contribution in [3.8, 4) is 0 Å². The lowest BCUT2D eigenvalue weighted by molar-refractivity contribution is 0.652. The average Bonchev–Trinajstić information content (AvgIpc) is 3.94. The highest BCUT2D eigenvalue weighted by Gasteiger charge is 2.08. The van der Waals surface area contributed by atoms with Crippen molar-refractivity contribution >= 4 is 75.3 Å². The molecule has 0 aliphatic carbocycles. The predicted octanol–water partition coefficient (Wildman–Crippen LogP) is 14.7. The fraction of sp³-hybridized carbons (Fsp3) is 0.151. The third-order valence-corrected chi connectivity index (χ3v) is 11.1. The van der Waals surface area contributed by atoms with E-state index < -0.39 is 0 Å². The number of nitrogens with zero attached hydrogens (tertiary/aromatic N) is 4. The molecule has 59 heavy (non-hydrogen) atoms. The van der Waals surface area contributed by atoms with Crippen LogP contribution in [-0.4, -0.2) is 19.5 Å². The van der Waals surface area contributed by atoms with E-state index in [9.17, 15) is 0 Å². The van der Waals surface area contributed by atoms with Crippen molar-refractivity contribution < 1.29 is 4.42 Å². The van der Waals surface area contributed by atoms with Gasteiger partial charge in [0.25, 0.3) is 0 Å². The van der Waals surface area contributed by atoms with Crippen LogP contribution in [0.4, 0.5) is 0 Å². The lowest BCUT2D eigenvalue weighted by Gasteiger charge is -2.04. The van der Waals surface area contributed by atoms with Gasteiger partial charge in [0.05, 0.1) is 0 Å². The number of furan rings is 1. The van der Waals surface area contributed by atoms with Gasteiger partial charge in [-0.25, -0.2) is 9.97 Å². The molecule has 6 heterocycles. The number of fused-ring (bicyclic) bond motifs is 9. The molecule has 5 aromatic carbocycles. The van der Waals surface area contributed by atoms with E-state index in [4.69, 9.17) is 4.42 Å². The quantitative estimate of drug-likeness (QED) is 0.144. The summed E-state index contributed by atoms with van der Waals surface area (Å²) in [5, 5.41) is 10.2. The van der Waals surface area contributed by atoms with Gasteiger partial charge in [0.1, 0.15) is 10.4 Å². The highest BCUT2D eigenvalue weighted by Crippen LogP contribution is 2.33. The van der Waals surface area contributed by atoms with E-state index in [0.29, 0.717) is 0 Å². The molecule has 6 heteroatoms. The Morgan fingerprint density at radius 1 is 0.458 bits per heavy atom. The number of thiophene rings is 1. The summed E-state index contributed by atoms with van der Waals surface area (Å²) < 4.78 is 9.00. The monoisotopic (exact) mass is 790 g/mol. The van der Waals surface area contributed by atoms with Crippen LogP contribution >= 0.6 is 11.3 Å². The summed E-state index contributed by atoms with van der Waals surface area (Å²) in [6, 6.07) is 48.7. The van der Waals surface area contributed by atoms with Crippen LogP contribution in [0.15, 0.2) is 163 Å². The van der Waals surface area contributed by atoms with E-state index in [1.807, 2.05) is 81.3 Å². The standard InChI is InChI=1S/C15H12.C13H11NO.C13H11NS.C7H9N.C5H7N/c1-11-6-7-13-9-8-12-4-2-3-5-14(12)15(13)10-11;2*1-8-3-6-12-11(7-8)10-5-4-9(2)14-13(10)15-12;1-6-3-4-8-7(2)5-6;1-6-4-2-3-5-6/h2-10H,1H3;2*3-7H,1-2H3;3-5H,1-2H3;2-5H,1H3. The Hall–Kier alpha value is -6.63. The molecule has 0 fully saturated rings. The second-order valence-electron chi connectivity index (χ2n) is 15.1. The van der Waals surface area contributed by atoms with Gasteiger partial charge in [0.15, 0.2) is 0 Å². The van der Waals surface area contributed by atoms with Gasteiger partial charge in [0, 0.05) is 69.0 Å². The number of hydrogen-bond donors (Lipinski definition) is 0. The van der Waals surface area contributed by atoms with E-state index in [0.717, 1.165) is 44.0 Å². The predicted molar refractivity (Wildman–Crippen MR) is 253 cm³/mol. The Bertz CT molecular complexity index is 3020. The highest BCUT2D eigenvalue weighted by atomic mass is 32.1. The van der Waals surface area contributed by atoms with Crippen LogP contribution in [0.2, 0.25) is 0 Å². The number of pyridine rings is 3. The van der Waals surface area contributed by atoms with E-state index in [-0.39, 0.29) is 0 Å². The molecule has 294 valence electrons. The molecular weight excluding hydrogens is 741 g/mol. The molecule has 0 bridgehead atoms. The summed E-state index contributed by atoms with van der Waals surface area (Å²) in [7, 11) is 2.00. The Kier molecular flexibility index (Phi) is 12.6. The van der Waals surface area contributed by atoms with E-state index in [1.165, 1.54) is 59.3 Å². The Balaban J connectivity index is 0.000000116. The fourth-order valence-corrected chi connectivity index (χ4v) is 8.05. The molecule has 0 N–H and O–H groups in total. The Morgan fingerprint density at radius 2 is 1.05 bits per heavy atom. The third kappa shape index (κ3) is 10.1. The van der Waals surface area contributed by atoms with Crippen LogP contribution in [0.1, 0.15) is 39.3 Å². The smallest absolute Gasteiger partial charge is 0.227 e. The lowest BCUT2D eigenvalue weighted by atomic mass is 10.0. The van der Waals surface area contributed by atoms with Crippen molar-refractivity contribution in [1.82, 2.24) is 19.5 Å². The number of aromatic nitrogens is 4. The van der Waals surface area contributed by atoms with Gasteiger partial charge >= 0.3 is 0 Å². The van der Waals surface area contributed by atoms with Gasteiger partial charge in [-0.15, -0.1) is 11.3 Å². The molecule has 6 aromatic heterocycles. The molecule has 11 rings (SSSR count). The first kappa shape index (κ1) is 40.6. The first-order valence-corrected chi connectivity index (χ1v) is 20.7. The number of benzene rings is 5. The van der Waals surface area contributed by atoms with Gasteiger partial charge in [0.2, 0.25) is 5.71 Å². The molecule has 0 unspecified atom stereocenters. The van der Waals surface area contributed by atoms with Crippen molar-refractivity contribution in [3.63, 3.8) is 0 Å². The van der Waals surface area contributed by atoms with Crippen LogP contribution in [0.3, 0.4) is 0 Å². The molecule has 11 aromatic rings. The van der Waals surface area contributed by atoms with E-state index in [1.54, 1.807) is 11.3 Å². The minimum Gasteiger partial charge on any atom is -0.438 e. The van der Waals surface area contributed by atoms with Crippen molar-refractivity contribution in [2.75, 3.05) is 0 Å². The van der Waals surface area contributed by atoms with E-state index in [2.05, 4.69) is 152 Å². The minimum atomic E-state index is 0.732. The SMILES string of the molecule is Cc1ccc2ccc3ccccc3c2c1.Cc1ccc2oc3nc(C)ccc3c2c1.Cc1ccc2sc3nc(C)ccc3c2c1.Cc1ccnc(C)c1.Cn1cccc1. The summed E-state index contributed by atoms with van der Waals surface area (Å²) in [6.07, 6.45) is 5.82. The number of aryl methyl sites for hydroxylation is 8. The van der Waals surface area contributed by atoms with Crippen molar-refractivity contribution in [2.24, 2.45) is 7.05 Å². The summed E-state index contributed by atoms with van der Waals surface area (Å²) in [5.41, 5.74) is 9.95. The molecular formula is C53H50N4OS. The molecule has 0 saturated carbocycles. The van der Waals surface area contributed by atoms with Crippen LogP contribution in [0, 0.1) is 48.5 Å². The first-order chi connectivity index (χ1) is 28.5. The van der Waals surface area contributed by atoms with Crippen molar-refractivity contribution in [3.05, 3.63) is 197 Å². The molecule has 0 aliphatic rings. The second-order valence-corrected chi connectivity index (χ2v) is 16.2. The molecule has 0 atom stereocenters. The summed E-state index contributed by atoms with van der Waals surface area (Å²) in [6.45, 7) is 14.4. The van der Waals surface area contributed by atoms with Crippen molar-refractivity contribution in [1.29, 1.82) is 0 Å². The summed E-state index contributed by atoms with van der Waals surface area (Å²) >= 11 is 1.77. The minimum absolute atomic E-state index is 0.732. The van der Waals surface area contributed by atoms with Gasteiger partial charge in [-0.1, -0.05) is 83.4 Å². The fourth-order valence-electron chi connectivity index (χ4n) is 6.95. The van der Waals surface area contributed by atoms with Gasteiger partial charge < -0.3 is 8.98 Å². The summed E-state index contributed by atoms with van der Waals surface area (Å²) in [4.78, 5) is 14.1. The topological polar surface area (TPSA) is 56.7 Å². The zero-order chi connectivity index (χ0) is 41.5. The number of rotatable bonds is 0. The summed E-state index contributed by atoms with van der Waals surface area (Å²) in [5.74, 6) is 0. The maximum absolute atomic E-state index is 5.68. The third-order valence-electron chi connectivity index (χ3n) is 9.97. The normalized spacial score (nSPS) is 10.7. The van der Waals surface area contributed by atoms with Crippen LogP contribution in [0.25, 0.3) is 63.9 Å². The second kappa shape index (κ2) is 18.3. The molecule has 0 radical (unpaired) electrons. The molecule has 5 nitrogen and oxygen atoms in total. The van der Waals surface area contributed by atoms with Crippen LogP contribution in [-0.2, 0) is 7.05 Å². The Labute approximate surface area is 350 Å². The van der Waals surface area contributed by atoms with Crippen molar-refractivity contribution in [2.45, 2.75) is 48.5 Å². The Morgan fingerprint density at radius 3 is 1.73 bits per heavy atom. The zero-order valence-corrected chi connectivity index (χ0v) is 35.9. The average molecular weight is 791 g/mol. The first-order valence-electron chi connectivity index (χ1n) is 19.9. The lowest BCUT2D eigenvalue weighted by Crippen LogP contribution is -1.78.